The van der Waals surface area contributed by atoms with Crippen LogP contribution >= 0.6 is 0 Å². The number of rotatable bonds is 10. The van der Waals surface area contributed by atoms with Crippen molar-refractivity contribution in [1.82, 2.24) is 40.0 Å². The molecular formula is C28H32N10O2. The molecule has 1 unspecified atom stereocenters. The lowest BCUT2D eigenvalue weighted by molar-refractivity contribution is 0.148. The molecule has 5 rings (SSSR count). The van der Waals surface area contributed by atoms with Gasteiger partial charge in [-0.15, -0.1) is 5.10 Å². The van der Waals surface area contributed by atoms with Gasteiger partial charge in [0.1, 0.15) is 30.0 Å². The van der Waals surface area contributed by atoms with Gasteiger partial charge in [0.25, 0.3) is 0 Å². The van der Waals surface area contributed by atoms with Gasteiger partial charge >= 0.3 is 0 Å². The SMILES string of the molecule is COc1cc(CN2CCN(C)CC2)ccc1Nc1ncc(-c2ccc(C#N)c(OC(C)Cn3cnnn3)c2)cn1. The molecule has 2 aromatic carbocycles. The van der Waals surface area contributed by atoms with Gasteiger partial charge in [-0.05, 0) is 59.8 Å². The van der Waals surface area contributed by atoms with Gasteiger partial charge in [-0.1, -0.05) is 12.1 Å². The van der Waals surface area contributed by atoms with Crippen molar-refractivity contribution in [3.8, 4) is 28.7 Å². The van der Waals surface area contributed by atoms with Gasteiger partial charge in [0.05, 0.1) is 24.9 Å². The number of methoxy groups -OCH3 is 1. The van der Waals surface area contributed by atoms with E-state index in [1.54, 1.807) is 30.3 Å². The molecule has 1 saturated heterocycles. The number of aromatic nitrogens is 6. The maximum atomic E-state index is 9.56. The summed E-state index contributed by atoms with van der Waals surface area (Å²) < 4.78 is 13.3. The number of nitriles is 1. The van der Waals surface area contributed by atoms with Gasteiger partial charge in [0.2, 0.25) is 5.95 Å². The molecule has 0 bridgehead atoms. The van der Waals surface area contributed by atoms with Crippen LogP contribution in [0.3, 0.4) is 0 Å². The highest BCUT2D eigenvalue weighted by atomic mass is 16.5. The Bertz CT molecular complexity index is 1450. The highest BCUT2D eigenvalue weighted by Gasteiger charge is 2.16. The van der Waals surface area contributed by atoms with Crippen molar-refractivity contribution >= 4 is 11.6 Å². The van der Waals surface area contributed by atoms with E-state index in [9.17, 15) is 5.26 Å². The first-order chi connectivity index (χ1) is 19.5. The Morgan fingerprint density at radius 1 is 1.02 bits per heavy atom. The van der Waals surface area contributed by atoms with Gasteiger partial charge in [-0.2, -0.15) is 5.26 Å². The Labute approximate surface area is 233 Å². The molecule has 0 amide bonds. The second kappa shape index (κ2) is 12.5. The van der Waals surface area contributed by atoms with Crippen molar-refractivity contribution in [2.75, 3.05) is 45.7 Å². The summed E-state index contributed by atoms with van der Waals surface area (Å²) >= 11 is 0. The van der Waals surface area contributed by atoms with Crippen molar-refractivity contribution < 1.29 is 9.47 Å². The molecule has 1 aliphatic rings. The fraction of sp³-hybridized carbons (Fsp3) is 0.357. The summed E-state index contributed by atoms with van der Waals surface area (Å²) in [6, 6.07) is 13.8. The fourth-order valence-corrected chi connectivity index (χ4v) is 4.54. The quantitative estimate of drug-likeness (QED) is 0.319. The van der Waals surface area contributed by atoms with E-state index >= 15 is 0 Å². The van der Waals surface area contributed by atoms with E-state index in [1.165, 1.54) is 11.9 Å². The Morgan fingerprint density at radius 3 is 2.52 bits per heavy atom. The lowest BCUT2D eigenvalue weighted by Gasteiger charge is -2.32. The number of hydrogen-bond donors (Lipinski definition) is 1. The van der Waals surface area contributed by atoms with E-state index < -0.39 is 0 Å². The minimum atomic E-state index is -0.253. The van der Waals surface area contributed by atoms with Gasteiger partial charge < -0.3 is 19.7 Å². The second-order valence-corrected chi connectivity index (χ2v) is 9.82. The van der Waals surface area contributed by atoms with Crippen LogP contribution in [0.5, 0.6) is 11.5 Å². The largest absolute Gasteiger partial charge is 0.495 e. The summed E-state index contributed by atoms with van der Waals surface area (Å²) in [5, 5.41) is 24.0. The normalized spacial score (nSPS) is 14.8. The maximum absolute atomic E-state index is 9.56. The first-order valence-electron chi connectivity index (χ1n) is 13.1. The topological polar surface area (TPSA) is 130 Å². The Hall–Kier alpha value is -4.60. The van der Waals surface area contributed by atoms with Crippen LogP contribution in [-0.4, -0.2) is 86.4 Å². The molecule has 1 atom stereocenters. The molecule has 40 heavy (non-hydrogen) atoms. The summed E-state index contributed by atoms with van der Waals surface area (Å²) in [6.07, 6.45) is 4.74. The van der Waals surface area contributed by atoms with Gasteiger partial charge in [-0.25, -0.2) is 14.6 Å². The Balaban J connectivity index is 1.26. The van der Waals surface area contributed by atoms with Crippen LogP contribution in [0.4, 0.5) is 11.6 Å². The van der Waals surface area contributed by atoms with Crippen LogP contribution in [0.1, 0.15) is 18.1 Å². The molecule has 0 saturated carbocycles. The molecule has 4 aromatic rings. The molecule has 1 aliphatic heterocycles. The van der Waals surface area contributed by atoms with E-state index in [-0.39, 0.29) is 6.10 Å². The zero-order valence-electron chi connectivity index (χ0n) is 22.9. The van der Waals surface area contributed by atoms with Gasteiger partial charge in [0, 0.05) is 50.7 Å². The summed E-state index contributed by atoms with van der Waals surface area (Å²) in [6.45, 7) is 7.53. The molecule has 0 radical (unpaired) electrons. The van der Waals surface area contributed by atoms with E-state index in [2.05, 4.69) is 65.9 Å². The summed E-state index contributed by atoms with van der Waals surface area (Å²) in [7, 11) is 3.83. The number of tetrazole rings is 1. The minimum Gasteiger partial charge on any atom is -0.495 e. The molecule has 0 spiro atoms. The molecule has 1 fully saturated rings. The first-order valence-corrected chi connectivity index (χ1v) is 13.1. The van der Waals surface area contributed by atoms with Crippen LogP contribution in [-0.2, 0) is 13.1 Å². The van der Waals surface area contributed by atoms with Crippen molar-refractivity contribution in [1.29, 1.82) is 5.26 Å². The molecule has 12 nitrogen and oxygen atoms in total. The highest BCUT2D eigenvalue weighted by Crippen LogP contribution is 2.30. The van der Waals surface area contributed by atoms with Crippen LogP contribution in [0, 0.1) is 11.3 Å². The lowest BCUT2D eigenvalue weighted by Crippen LogP contribution is -2.43. The average molecular weight is 541 g/mol. The van der Waals surface area contributed by atoms with Gasteiger partial charge in [0.15, 0.2) is 0 Å². The molecule has 2 aromatic heterocycles. The number of hydrogen-bond acceptors (Lipinski definition) is 11. The van der Waals surface area contributed by atoms with Crippen LogP contribution < -0.4 is 14.8 Å². The average Bonchev–Trinajstić information content (AvgIpc) is 3.48. The molecule has 3 heterocycles. The number of nitrogens with one attached hydrogen (secondary N) is 1. The summed E-state index contributed by atoms with van der Waals surface area (Å²) in [5.41, 5.74) is 4.07. The van der Waals surface area contributed by atoms with Gasteiger partial charge in [-0.3, -0.25) is 4.90 Å². The van der Waals surface area contributed by atoms with Crippen LogP contribution in [0.25, 0.3) is 11.1 Å². The predicted octanol–water partition coefficient (Wildman–Crippen LogP) is 2.97. The van der Waals surface area contributed by atoms with Crippen molar-refractivity contribution in [2.24, 2.45) is 0 Å². The predicted molar refractivity (Wildman–Crippen MR) is 149 cm³/mol. The van der Waals surface area contributed by atoms with Crippen LogP contribution in [0.2, 0.25) is 0 Å². The molecular weight excluding hydrogens is 508 g/mol. The summed E-state index contributed by atoms with van der Waals surface area (Å²) in [5.74, 6) is 1.67. The third-order valence-corrected chi connectivity index (χ3v) is 6.77. The third-order valence-electron chi connectivity index (χ3n) is 6.77. The lowest BCUT2D eigenvalue weighted by atomic mass is 10.1. The molecule has 1 N–H and O–H groups in total. The van der Waals surface area contributed by atoms with Crippen molar-refractivity contribution in [3.05, 3.63) is 66.2 Å². The zero-order chi connectivity index (χ0) is 27.9. The van der Waals surface area contributed by atoms with Crippen LogP contribution in [0.15, 0.2) is 55.1 Å². The number of anilines is 2. The van der Waals surface area contributed by atoms with E-state index in [0.717, 1.165) is 55.3 Å². The second-order valence-electron chi connectivity index (χ2n) is 9.82. The van der Waals surface area contributed by atoms with E-state index in [0.29, 0.717) is 23.8 Å². The summed E-state index contributed by atoms with van der Waals surface area (Å²) in [4.78, 5) is 13.8. The number of benzene rings is 2. The van der Waals surface area contributed by atoms with E-state index in [4.69, 9.17) is 9.47 Å². The standard InChI is InChI=1S/C28H32N10O2/c1-20(17-38-19-32-34-35-38)40-26-13-22(5-6-23(26)14-29)24-15-30-28(31-16-24)33-25-7-4-21(12-27(25)39-3)18-37-10-8-36(2)9-11-37/h4-7,12-13,15-16,19-20H,8-11,17-18H2,1-3H3,(H,30,31,33). The molecule has 206 valence electrons. The Kier molecular flexibility index (Phi) is 8.44. The zero-order valence-corrected chi connectivity index (χ0v) is 22.9. The number of nitrogens with zero attached hydrogens (tertiary/aromatic N) is 9. The molecule has 0 aliphatic carbocycles. The Morgan fingerprint density at radius 2 is 1.82 bits per heavy atom. The highest BCUT2D eigenvalue weighted by molar-refractivity contribution is 5.68. The monoisotopic (exact) mass is 540 g/mol. The number of likely N-dealkylation sites (N-methyl/N-ethyl adjacent to an activating group) is 1. The number of piperazine rings is 1. The first kappa shape index (κ1) is 27.0. The smallest absolute Gasteiger partial charge is 0.227 e. The minimum absolute atomic E-state index is 0.253. The van der Waals surface area contributed by atoms with E-state index in [1.807, 2.05) is 25.1 Å². The van der Waals surface area contributed by atoms with Crippen molar-refractivity contribution in [3.63, 3.8) is 0 Å². The molecule has 12 heteroatoms. The number of ether oxygens (including phenoxy) is 2. The third kappa shape index (κ3) is 6.69. The maximum Gasteiger partial charge on any atom is 0.227 e. The fourth-order valence-electron chi connectivity index (χ4n) is 4.54. The van der Waals surface area contributed by atoms with Crippen molar-refractivity contribution in [2.45, 2.75) is 26.1 Å².